The first kappa shape index (κ1) is 17.3. The highest BCUT2D eigenvalue weighted by Crippen LogP contribution is 2.19. The Labute approximate surface area is 125 Å². The predicted octanol–water partition coefficient (Wildman–Crippen LogP) is 0.481. The van der Waals surface area contributed by atoms with Gasteiger partial charge in [0.2, 0.25) is 5.91 Å². The SMILES string of the molecule is CCOC(=O)[C@H]1CCCN(C(=O)C(NC(N)=O)C(C)C)C1. The summed E-state index contributed by atoms with van der Waals surface area (Å²) in [5, 5.41) is 2.48. The number of esters is 1. The average Bonchev–Trinajstić information content (AvgIpc) is 2.44. The van der Waals surface area contributed by atoms with Crippen LogP contribution in [0.15, 0.2) is 0 Å². The number of carbonyl (C=O) groups excluding carboxylic acids is 3. The highest BCUT2D eigenvalue weighted by molar-refractivity contribution is 5.87. The zero-order chi connectivity index (χ0) is 16.0. The highest BCUT2D eigenvalue weighted by atomic mass is 16.5. The van der Waals surface area contributed by atoms with Gasteiger partial charge in [-0.05, 0) is 25.7 Å². The van der Waals surface area contributed by atoms with Crippen LogP contribution in [-0.2, 0) is 14.3 Å². The van der Waals surface area contributed by atoms with Gasteiger partial charge in [0.15, 0.2) is 0 Å². The number of piperidine rings is 1. The summed E-state index contributed by atoms with van der Waals surface area (Å²) in [7, 11) is 0. The van der Waals surface area contributed by atoms with Crippen LogP contribution in [0.25, 0.3) is 0 Å². The first-order valence-corrected chi connectivity index (χ1v) is 7.38. The maximum atomic E-state index is 12.5. The normalized spacial score (nSPS) is 20.0. The van der Waals surface area contributed by atoms with E-state index in [0.717, 1.165) is 12.8 Å². The second-order valence-electron chi connectivity index (χ2n) is 5.61. The second kappa shape index (κ2) is 7.85. The highest BCUT2D eigenvalue weighted by Gasteiger charge is 2.34. The summed E-state index contributed by atoms with van der Waals surface area (Å²) < 4.78 is 5.02. The number of hydrogen-bond donors (Lipinski definition) is 2. The third-order valence-corrected chi connectivity index (χ3v) is 3.58. The Morgan fingerprint density at radius 1 is 1.38 bits per heavy atom. The van der Waals surface area contributed by atoms with Gasteiger partial charge in [0.05, 0.1) is 12.5 Å². The Hall–Kier alpha value is -1.79. The number of likely N-dealkylation sites (tertiary alicyclic amines) is 1. The zero-order valence-electron chi connectivity index (χ0n) is 12.9. The van der Waals surface area contributed by atoms with Gasteiger partial charge < -0.3 is 20.7 Å². The van der Waals surface area contributed by atoms with Gasteiger partial charge in [-0.15, -0.1) is 0 Å². The summed E-state index contributed by atoms with van der Waals surface area (Å²) in [4.78, 5) is 36.9. The van der Waals surface area contributed by atoms with Crippen molar-refractivity contribution in [3.05, 3.63) is 0 Å². The molecule has 1 unspecified atom stereocenters. The fourth-order valence-corrected chi connectivity index (χ4v) is 2.49. The van der Waals surface area contributed by atoms with Crippen molar-refractivity contribution in [1.29, 1.82) is 0 Å². The van der Waals surface area contributed by atoms with E-state index in [4.69, 9.17) is 10.5 Å². The number of amides is 3. The summed E-state index contributed by atoms with van der Waals surface area (Å²) in [5.41, 5.74) is 5.12. The maximum absolute atomic E-state index is 12.5. The molecular formula is C14H25N3O4. The fourth-order valence-electron chi connectivity index (χ4n) is 2.49. The lowest BCUT2D eigenvalue weighted by atomic mass is 9.95. The summed E-state index contributed by atoms with van der Waals surface area (Å²) in [6, 6.07) is -1.38. The number of nitrogens with two attached hydrogens (primary N) is 1. The van der Waals surface area contributed by atoms with Crippen LogP contribution in [0, 0.1) is 11.8 Å². The van der Waals surface area contributed by atoms with Crippen molar-refractivity contribution in [1.82, 2.24) is 10.2 Å². The van der Waals surface area contributed by atoms with E-state index in [-0.39, 0.29) is 23.7 Å². The molecule has 1 aliphatic heterocycles. The first-order chi connectivity index (χ1) is 9.86. The quantitative estimate of drug-likeness (QED) is 0.721. The molecule has 1 fully saturated rings. The van der Waals surface area contributed by atoms with E-state index >= 15 is 0 Å². The monoisotopic (exact) mass is 299 g/mol. The van der Waals surface area contributed by atoms with Crippen LogP contribution >= 0.6 is 0 Å². The molecular weight excluding hydrogens is 274 g/mol. The van der Waals surface area contributed by atoms with Gasteiger partial charge in [0.25, 0.3) is 0 Å². The lowest BCUT2D eigenvalue weighted by molar-refractivity contribution is -0.151. The van der Waals surface area contributed by atoms with Crippen molar-refractivity contribution in [2.75, 3.05) is 19.7 Å². The topological polar surface area (TPSA) is 102 Å². The van der Waals surface area contributed by atoms with Crippen molar-refractivity contribution in [3.8, 4) is 0 Å². The van der Waals surface area contributed by atoms with E-state index < -0.39 is 12.1 Å². The third kappa shape index (κ3) is 4.91. The molecule has 21 heavy (non-hydrogen) atoms. The minimum Gasteiger partial charge on any atom is -0.466 e. The van der Waals surface area contributed by atoms with E-state index in [1.807, 2.05) is 13.8 Å². The number of urea groups is 1. The van der Waals surface area contributed by atoms with E-state index in [2.05, 4.69) is 5.32 Å². The first-order valence-electron chi connectivity index (χ1n) is 7.38. The largest absolute Gasteiger partial charge is 0.466 e. The number of ether oxygens (including phenoxy) is 1. The minimum atomic E-state index is -0.721. The molecule has 0 aromatic heterocycles. The van der Waals surface area contributed by atoms with Gasteiger partial charge >= 0.3 is 12.0 Å². The van der Waals surface area contributed by atoms with Crippen LogP contribution in [0.1, 0.15) is 33.6 Å². The lowest BCUT2D eigenvalue weighted by Gasteiger charge is -2.35. The zero-order valence-corrected chi connectivity index (χ0v) is 12.9. The van der Waals surface area contributed by atoms with Crippen molar-refractivity contribution in [2.24, 2.45) is 17.6 Å². The standard InChI is InChI=1S/C14H25N3O4/c1-4-21-13(19)10-6-5-7-17(8-10)12(18)11(9(2)3)16-14(15)20/h9-11H,4-8H2,1-3H3,(H3,15,16,20)/t10-,11?/m0/s1. The smallest absolute Gasteiger partial charge is 0.312 e. The number of primary amides is 1. The molecule has 0 radical (unpaired) electrons. The van der Waals surface area contributed by atoms with E-state index in [0.29, 0.717) is 19.7 Å². The van der Waals surface area contributed by atoms with Crippen molar-refractivity contribution in [2.45, 2.75) is 39.7 Å². The van der Waals surface area contributed by atoms with Gasteiger partial charge in [-0.1, -0.05) is 13.8 Å². The summed E-state index contributed by atoms with van der Waals surface area (Å²) in [6.45, 7) is 6.69. The van der Waals surface area contributed by atoms with Gasteiger partial charge in [-0.25, -0.2) is 4.79 Å². The molecule has 0 aromatic rings. The molecule has 3 amide bonds. The van der Waals surface area contributed by atoms with Crippen LogP contribution in [0.5, 0.6) is 0 Å². The average molecular weight is 299 g/mol. The Morgan fingerprint density at radius 3 is 2.57 bits per heavy atom. The van der Waals surface area contributed by atoms with Crippen LogP contribution in [-0.4, -0.2) is 48.5 Å². The van der Waals surface area contributed by atoms with E-state index in [9.17, 15) is 14.4 Å². The molecule has 1 rings (SSSR count). The van der Waals surface area contributed by atoms with Crippen LogP contribution in [0.4, 0.5) is 4.79 Å². The van der Waals surface area contributed by atoms with Gasteiger partial charge in [-0.3, -0.25) is 9.59 Å². The molecule has 3 N–H and O–H groups in total. The molecule has 1 saturated heterocycles. The molecule has 7 nitrogen and oxygen atoms in total. The molecule has 0 spiro atoms. The van der Waals surface area contributed by atoms with Crippen molar-refractivity contribution < 1.29 is 19.1 Å². The Balaban J connectivity index is 2.71. The van der Waals surface area contributed by atoms with Gasteiger partial charge in [-0.2, -0.15) is 0 Å². The van der Waals surface area contributed by atoms with Crippen molar-refractivity contribution >= 4 is 17.9 Å². The molecule has 0 aromatic carbocycles. The van der Waals surface area contributed by atoms with Crippen LogP contribution < -0.4 is 11.1 Å². The van der Waals surface area contributed by atoms with Gasteiger partial charge in [0, 0.05) is 13.1 Å². The number of rotatable bonds is 5. The number of hydrogen-bond acceptors (Lipinski definition) is 4. The summed E-state index contributed by atoms with van der Waals surface area (Å²) in [6.07, 6.45) is 1.47. The fraction of sp³-hybridized carbons (Fsp3) is 0.786. The molecule has 0 bridgehead atoms. The van der Waals surface area contributed by atoms with Crippen LogP contribution in [0.2, 0.25) is 0 Å². The predicted molar refractivity (Wildman–Crippen MR) is 77.3 cm³/mol. The Kier molecular flexibility index (Phi) is 6.45. The molecule has 0 saturated carbocycles. The van der Waals surface area contributed by atoms with Crippen LogP contribution in [0.3, 0.4) is 0 Å². The van der Waals surface area contributed by atoms with Gasteiger partial charge in [0.1, 0.15) is 6.04 Å². The second-order valence-corrected chi connectivity index (χ2v) is 5.61. The van der Waals surface area contributed by atoms with Crippen molar-refractivity contribution in [3.63, 3.8) is 0 Å². The molecule has 120 valence electrons. The number of carbonyl (C=O) groups is 3. The molecule has 2 atom stereocenters. The molecule has 7 heteroatoms. The lowest BCUT2D eigenvalue weighted by Crippen LogP contribution is -2.55. The Bertz CT molecular complexity index is 398. The maximum Gasteiger partial charge on any atom is 0.312 e. The molecule has 0 aliphatic carbocycles. The van der Waals surface area contributed by atoms with E-state index in [1.54, 1.807) is 11.8 Å². The minimum absolute atomic E-state index is 0.0760. The Morgan fingerprint density at radius 2 is 2.05 bits per heavy atom. The third-order valence-electron chi connectivity index (χ3n) is 3.58. The number of nitrogens with zero attached hydrogens (tertiary/aromatic N) is 1. The summed E-state index contributed by atoms with van der Waals surface area (Å²) in [5.74, 6) is -0.825. The molecule has 1 heterocycles. The number of nitrogens with one attached hydrogen (secondary N) is 1. The van der Waals surface area contributed by atoms with E-state index in [1.165, 1.54) is 0 Å². The molecule has 1 aliphatic rings. The summed E-state index contributed by atoms with van der Waals surface area (Å²) >= 11 is 0.